The van der Waals surface area contributed by atoms with Gasteiger partial charge in [0.15, 0.2) is 0 Å². The lowest BCUT2D eigenvalue weighted by Crippen LogP contribution is -2.31. The van der Waals surface area contributed by atoms with Crippen molar-refractivity contribution in [2.24, 2.45) is 5.92 Å². The Morgan fingerprint density at radius 3 is 2.74 bits per heavy atom. The standard InChI is InChI=1S/C13H18N2O4/c1-3-14(8-10(2)13(16)17)9-11-5-4-6-12(7-11)15(18)19/h4-7,10H,3,8-9H2,1-2H3,(H,16,17). The lowest BCUT2D eigenvalue weighted by molar-refractivity contribution is -0.384. The van der Waals surface area contributed by atoms with Crippen LogP contribution in [0.4, 0.5) is 5.69 Å². The fourth-order valence-electron chi connectivity index (χ4n) is 1.80. The van der Waals surface area contributed by atoms with Crippen molar-refractivity contribution in [1.29, 1.82) is 0 Å². The molecule has 1 atom stereocenters. The molecule has 6 heteroatoms. The molecule has 0 amide bonds. The Bertz CT molecular complexity index is 462. The molecule has 0 aliphatic carbocycles. The summed E-state index contributed by atoms with van der Waals surface area (Å²) in [6, 6.07) is 6.41. The van der Waals surface area contributed by atoms with Crippen molar-refractivity contribution < 1.29 is 14.8 Å². The van der Waals surface area contributed by atoms with E-state index in [1.807, 2.05) is 11.8 Å². The fourth-order valence-corrected chi connectivity index (χ4v) is 1.80. The Labute approximate surface area is 111 Å². The van der Waals surface area contributed by atoms with Gasteiger partial charge in [0.05, 0.1) is 10.8 Å². The Morgan fingerprint density at radius 1 is 1.53 bits per heavy atom. The Kier molecular flexibility index (Phi) is 5.44. The van der Waals surface area contributed by atoms with E-state index in [0.29, 0.717) is 19.6 Å². The number of benzene rings is 1. The number of nitro groups is 1. The predicted molar refractivity (Wildman–Crippen MR) is 70.8 cm³/mol. The molecule has 0 aliphatic heterocycles. The quantitative estimate of drug-likeness (QED) is 0.603. The van der Waals surface area contributed by atoms with Crippen LogP contribution in [0.1, 0.15) is 19.4 Å². The summed E-state index contributed by atoms with van der Waals surface area (Å²) in [5.74, 6) is -1.30. The van der Waals surface area contributed by atoms with E-state index in [9.17, 15) is 14.9 Å². The number of nitro benzene ring substituents is 1. The van der Waals surface area contributed by atoms with Crippen LogP contribution in [0.5, 0.6) is 0 Å². The van der Waals surface area contributed by atoms with E-state index in [1.165, 1.54) is 12.1 Å². The number of hydrogen-bond acceptors (Lipinski definition) is 4. The van der Waals surface area contributed by atoms with Crippen LogP contribution in [-0.2, 0) is 11.3 Å². The number of nitrogens with zero attached hydrogens (tertiary/aromatic N) is 2. The van der Waals surface area contributed by atoms with Gasteiger partial charge in [-0.15, -0.1) is 0 Å². The van der Waals surface area contributed by atoms with Crippen LogP contribution < -0.4 is 0 Å². The summed E-state index contributed by atoms with van der Waals surface area (Å²) < 4.78 is 0. The van der Waals surface area contributed by atoms with E-state index < -0.39 is 16.8 Å². The molecule has 1 rings (SSSR count). The highest BCUT2D eigenvalue weighted by Crippen LogP contribution is 2.15. The number of aliphatic carboxylic acids is 1. The molecule has 0 heterocycles. The van der Waals surface area contributed by atoms with E-state index in [4.69, 9.17) is 5.11 Å². The molecule has 1 aromatic carbocycles. The number of rotatable bonds is 7. The molecule has 6 nitrogen and oxygen atoms in total. The molecule has 1 unspecified atom stereocenters. The second-order valence-electron chi connectivity index (χ2n) is 4.49. The molecular weight excluding hydrogens is 248 g/mol. The molecular formula is C13H18N2O4. The number of carboxylic acids is 1. The molecule has 104 valence electrons. The normalized spacial score (nSPS) is 12.4. The van der Waals surface area contributed by atoms with Crippen molar-refractivity contribution >= 4 is 11.7 Å². The smallest absolute Gasteiger partial charge is 0.307 e. The van der Waals surface area contributed by atoms with E-state index >= 15 is 0 Å². The molecule has 19 heavy (non-hydrogen) atoms. The maximum atomic E-state index is 10.8. The van der Waals surface area contributed by atoms with Crippen LogP contribution in [0.25, 0.3) is 0 Å². The molecule has 0 saturated carbocycles. The molecule has 0 radical (unpaired) electrons. The molecule has 1 N–H and O–H groups in total. The summed E-state index contributed by atoms with van der Waals surface area (Å²) in [4.78, 5) is 23.0. The van der Waals surface area contributed by atoms with Crippen molar-refractivity contribution in [3.05, 3.63) is 39.9 Å². The Balaban J connectivity index is 2.72. The van der Waals surface area contributed by atoms with Gasteiger partial charge in [0.2, 0.25) is 0 Å². The zero-order valence-corrected chi connectivity index (χ0v) is 11.1. The highest BCUT2D eigenvalue weighted by atomic mass is 16.6. The zero-order chi connectivity index (χ0) is 14.4. The molecule has 0 saturated heterocycles. The molecule has 0 spiro atoms. The molecule has 0 fully saturated rings. The first-order valence-corrected chi connectivity index (χ1v) is 6.12. The molecule has 1 aromatic rings. The van der Waals surface area contributed by atoms with Gasteiger partial charge in [-0.3, -0.25) is 19.8 Å². The maximum Gasteiger partial charge on any atom is 0.307 e. The van der Waals surface area contributed by atoms with Crippen LogP contribution in [0.3, 0.4) is 0 Å². The SMILES string of the molecule is CCN(Cc1cccc([N+](=O)[O-])c1)CC(C)C(=O)O. The van der Waals surface area contributed by atoms with Crippen LogP contribution in [0.15, 0.2) is 24.3 Å². The summed E-state index contributed by atoms with van der Waals surface area (Å²) in [5.41, 5.74) is 0.869. The summed E-state index contributed by atoms with van der Waals surface area (Å²) in [6.45, 7) is 5.22. The first-order chi connectivity index (χ1) is 8.93. The topological polar surface area (TPSA) is 83.7 Å². The lowest BCUT2D eigenvalue weighted by atomic mass is 10.1. The molecule has 0 bridgehead atoms. The van der Waals surface area contributed by atoms with E-state index in [2.05, 4.69) is 0 Å². The van der Waals surface area contributed by atoms with E-state index in [1.54, 1.807) is 19.1 Å². The van der Waals surface area contributed by atoms with Crippen LogP contribution in [-0.4, -0.2) is 34.0 Å². The third-order valence-corrected chi connectivity index (χ3v) is 2.93. The Hall–Kier alpha value is -1.95. The van der Waals surface area contributed by atoms with Gasteiger partial charge >= 0.3 is 5.97 Å². The number of carboxylic acid groups (broad SMARTS) is 1. The first-order valence-electron chi connectivity index (χ1n) is 6.12. The van der Waals surface area contributed by atoms with E-state index in [0.717, 1.165) is 5.56 Å². The van der Waals surface area contributed by atoms with E-state index in [-0.39, 0.29) is 5.69 Å². The van der Waals surface area contributed by atoms with Crippen LogP contribution in [0.2, 0.25) is 0 Å². The van der Waals surface area contributed by atoms with Gasteiger partial charge in [-0.25, -0.2) is 0 Å². The largest absolute Gasteiger partial charge is 0.481 e. The van der Waals surface area contributed by atoms with Crippen molar-refractivity contribution in [3.63, 3.8) is 0 Å². The van der Waals surface area contributed by atoms with Gasteiger partial charge < -0.3 is 5.11 Å². The highest BCUT2D eigenvalue weighted by Gasteiger charge is 2.16. The van der Waals surface area contributed by atoms with Crippen LogP contribution >= 0.6 is 0 Å². The third-order valence-electron chi connectivity index (χ3n) is 2.93. The highest BCUT2D eigenvalue weighted by molar-refractivity contribution is 5.69. The maximum absolute atomic E-state index is 10.8. The monoisotopic (exact) mass is 266 g/mol. The van der Waals surface area contributed by atoms with Crippen molar-refractivity contribution in [3.8, 4) is 0 Å². The minimum Gasteiger partial charge on any atom is -0.481 e. The third kappa shape index (κ3) is 4.67. The van der Waals surface area contributed by atoms with Gasteiger partial charge in [0, 0.05) is 25.2 Å². The minimum atomic E-state index is -0.836. The summed E-state index contributed by atoms with van der Waals surface area (Å²) >= 11 is 0. The second-order valence-corrected chi connectivity index (χ2v) is 4.49. The van der Waals surface area contributed by atoms with Gasteiger partial charge in [0.25, 0.3) is 5.69 Å². The molecule has 0 aromatic heterocycles. The minimum absolute atomic E-state index is 0.0554. The zero-order valence-electron chi connectivity index (χ0n) is 11.1. The predicted octanol–water partition coefficient (Wildman–Crippen LogP) is 2.14. The van der Waals surface area contributed by atoms with Crippen molar-refractivity contribution in [1.82, 2.24) is 4.90 Å². The lowest BCUT2D eigenvalue weighted by Gasteiger charge is -2.22. The average Bonchev–Trinajstić information content (AvgIpc) is 2.37. The first kappa shape index (κ1) is 15.1. The summed E-state index contributed by atoms with van der Waals surface area (Å²) in [5, 5.41) is 19.6. The van der Waals surface area contributed by atoms with Gasteiger partial charge in [-0.05, 0) is 12.1 Å². The fraction of sp³-hybridized carbons (Fsp3) is 0.462. The van der Waals surface area contributed by atoms with Crippen LogP contribution in [0, 0.1) is 16.0 Å². The number of carbonyl (C=O) groups is 1. The summed E-state index contributed by atoms with van der Waals surface area (Å²) in [6.07, 6.45) is 0. The summed E-state index contributed by atoms with van der Waals surface area (Å²) in [7, 11) is 0. The second kappa shape index (κ2) is 6.84. The van der Waals surface area contributed by atoms with Crippen molar-refractivity contribution in [2.75, 3.05) is 13.1 Å². The Morgan fingerprint density at radius 2 is 2.21 bits per heavy atom. The van der Waals surface area contributed by atoms with Gasteiger partial charge in [-0.2, -0.15) is 0 Å². The van der Waals surface area contributed by atoms with Gasteiger partial charge in [-0.1, -0.05) is 26.0 Å². The number of hydrogen-bond donors (Lipinski definition) is 1. The number of non-ortho nitro benzene ring substituents is 1. The average molecular weight is 266 g/mol. The van der Waals surface area contributed by atoms with Crippen molar-refractivity contribution in [2.45, 2.75) is 20.4 Å². The molecule has 0 aliphatic rings. The van der Waals surface area contributed by atoms with Gasteiger partial charge in [0.1, 0.15) is 0 Å².